The molecule has 31 heavy (non-hydrogen) atoms. The molecule has 2 amide bonds. The summed E-state index contributed by atoms with van der Waals surface area (Å²) in [6, 6.07) is -2.70. The molecule has 0 aliphatic heterocycles. The van der Waals surface area contributed by atoms with E-state index in [4.69, 9.17) is 16.0 Å². The van der Waals surface area contributed by atoms with Gasteiger partial charge in [-0.3, -0.25) is 14.4 Å². The molecule has 0 radical (unpaired) electrons. The Morgan fingerprint density at radius 3 is 1.97 bits per heavy atom. The molecule has 3 atom stereocenters. The largest absolute Gasteiger partial charge is 0.461 e. The molecule has 0 unspecified atom stereocenters. The second-order valence-electron chi connectivity index (χ2n) is 8.74. The summed E-state index contributed by atoms with van der Waals surface area (Å²) < 4.78 is 5.19. The van der Waals surface area contributed by atoms with Crippen molar-refractivity contribution in [3.05, 3.63) is 0 Å². The van der Waals surface area contributed by atoms with Gasteiger partial charge in [-0.25, -0.2) is 4.79 Å². The van der Waals surface area contributed by atoms with Gasteiger partial charge in [0.2, 0.25) is 17.6 Å². The van der Waals surface area contributed by atoms with E-state index < -0.39 is 47.8 Å². The van der Waals surface area contributed by atoms with E-state index in [9.17, 15) is 19.2 Å². The zero-order valence-corrected chi connectivity index (χ0v) is 19.4. The van der Waals surface area contributed by atoms with Gasteiger partial charge < -0.3 is 21.1 Å². The van der Waals surface area contributed by atoms with Crippen LogP contribution in [-0.4, -0.2) is 58.8 Å². The highest BCUT2D eigenvalue weighted by atomic mass is 16.5. The van der Waals surface area contributed by atoms with Crippen molar-refractivity contribution in [3.63, 3.8) is 0 Å². The number of amides is 2. The number of nitrogens with two attached hydrogens (primary N) is 1. The Hall–Kier alpha value is -2.58. The molecule has 0 fully saturated rings. The van der Waals surface area contributed by atoms with Gasteiger partial charge in [-0.1, -0.05) is 27.7 Å². The molecule has 0 aromatic carbocycles. The Morgan fingerprint density at radius 2 is 1.48 bits per heavy atom. The Balaban J connectivity index is 5.38. The number of ether oxygens (including phenoxy) is 1. The molecule has 0 bridgehead atoms. The van der Waals surface area contributed by atoms with E-state index >= 15 is 0 Å². The predicted molar refractivity (Wildman–Crippen MR) is 115 cm³/mol. The number of rotatable bonds is 14. The fraction of sp³-hybridized carbons (Fsp3) is 0.762. The minimum Gasteiger partial charge on any atom is -0.461 e. The van der Waals surface area contributed by atoms with Gasteiger partial charge in [0.1, 0.15) is 12.1 Å². The fourth-order valence-electron chi connectivity index (χ4n) is 2.86. The smallest absolute Gasteiger partial charge is 0.372 e. The maximum absolute atomic E-state index is 12.9. The van der Waals surface area contributed by atoms with Crippen LogP contribution in [0.25, 0.3) is 0 Å². The van der Waals surface area contributed by atoms with Crippen LogP contribution < -0.4 is 16.4 Å². The summed E-state index contributed by atoms with van der Waals surface area (Å²) in [5, 5.41) is 5.28. The highest BCUT2D eigenvalue weighted by Gasteiger charge is 2.30. The Morgan fingerprint density at radius 1 is 0.935 bits per heavy atom. The van der Waals surface area contributed by atoms with Crippen LogP contribution in [0.1, 0.15) is 67.2 Å². The lowest BCUT2D eigenvalue weighted by Crippen LogP contribution is -2.55. The van der Waals surface area contributed by atoms with Crippen LogP contribution in [0.5, 0.6) is 0 Å². The van der Waals surface area contributed by atoms with Crippen molar-refractivity contribution in [1.29, 1.82) is 5.53 Å². The summed E-state index contributed by atoms with van der Waals surface area (Å²) >= 11 is 0. The van der Waals surface area contributed by atoms with Crippen LogP contribution >= 0.6 is 0 Å². The van der Waals surface area contributed by atoms with Crippen molar-refractivity contribution in [2.75, 3.05) is 0 Å². The predicted octanol–water partition coefficient (Wildman–Crippen LogP) is 0.986. The topological polar surface area (TPSA) is 166 Å². The molecule has 0 aliphatic rings. The molecule has 0 aromatic rings. The third-order valence-electron chi connectivity index (χ3n) is 4.24. The second kappa shape index (κ2) is 14.4. The average molecular weight is 441 g/mol. The van der Waals surface area contributed by atoms with E-state index in [0.29, 0.717) is 12.8 Å². The molecular formula is C21H38N5O5+. The molecule has 0 saturated heterocycles. The van der Waals surface area contributed by atoms with Crippen LogP contribution in [-0.2, 0) is 23.9 Å². The number of nitrogens with one attached hydrogen (secondary N) is 3. The van der Waals surface area contributed by atoms with E-state index in [1.807, 2.05) is 27.7 Å². The van der Waals surface area contributed by atoms with Gasteiger partial charge in [0.05, 0.1) is 22.5 Å². The first-order chi connectivity index (χ1) is 14.4. The number of ketones is 1. The second-order valence-corrected chi connectivity index (χ2v) is 8.74. The normalized spacial score (nSPS) is 13.9. The van der Waals surface area contributed by atoms with Crippen LogP contribution in [0.4, 0.5) is 0 Å². The standard InChI is InChI=1S/C21H37N5O5/c1-12(2)9-16(22)19(28)26-18(10-13(3)4)20(29)25-17(21(30)31-14(5)6)8-7-15(27)11-24-23/h11-14,16-18,23H,7-10,22H2,1-6H3,(H-,25,26,28,29)/p+1/t16-,17-,18-/m0/s1. The number of hydrogen-bond donors (Lipinski definition) is 4. The highest BCUT2D eigenvalue weighted by Crippen LogP contribution is 2.10. The van der Waals surface area contributed by atoms with Gasteiger partial charge >= 0.3 is 12.2 Å². The van der Waals surface area contributed by atoms with Gasteiger partial charge in [-0.2, -0.15) is 0 Å². The van der Waals surface area contributed by atoms with Crippen molar-refractivity contribution in [2.45, 2.75) is 91.5 Å². The Bertz CT molecular complexity index is 671. The lowest BCUT2D eigenvalue weighted by Gasteiger charge is -2.25. The van der Waals surface area contributed by atoms with Crippen molar-refractivity contribution in [3.8, 4) is 0 Å². The van der Waals surface area contributed by atoms with Gasteiger partial charge in [0.15, 0.2) is 0 Å². The molecule has 0 aromatic heterocycles. The minimum absolute atomic E-state index is 0.0165. The van der Waals surface area contributed by atoms with E-state index in [2.05, 4.69) is 15.4 Å². The van der Waals surface area contributed by atoms with Gasteiger partial charge in [0.25, 0.3) is 0 Å². The molecule has 10 nitrogen and oxygen atoms in total. The molecule has 0 saturated carbocycles. The number of carbonyl (C=O) groups excluding carboxylic acids is 4. The lowest BCUT2D eigenvalue weighted by molar-refractivity contribution is -0.152. The van der Waals surface area contributed by atoms with Crippen molar-refractivity contribution < 1.29 is 28.7 Å². The summed E-state index contributed by atoms with van der Waals surface area (Å²) in [4.78, 5) is 52.4. The van der Waals surface area contributed by atoms with Crippen molar-refractivity contribution in [2.24, 2.45) is 17.6 Å². The first kappa shape index (κ1) is 28.4. The monoisotopic (exact) mass is 440 g/mol. The maximum Gasteiger partial charge on any atom is 0.372 e. The average Bonchev–Trinajstić information content (AvgIpc) is 2.62. The number of hydrogen-bond acceptors (Lipinski definition) is 7. The molecule has 0 spiro atoms. The van der Waals surface area contributed by atoms with Gasteiger partial charge in [-0.15, -0.1) is 0 Å². The molecule has 176 valence electrons. The molecular weight excluding hydrogens is 402 g/mol. The zero-order chi connectivity index (χ0) is 24.1. The van der Waals surface area contributed by atoms with Crippen LogP contribution in [0.15, 0.2) is 0 Å². The maximum atomic E-state index is 12.9. The molecule has 5 N–H and O–H groups in total. The van der Waals surface area contributed by atoms with E-state index in [1.54, 1.807) is 13.8 Å². The summed E-state index contributed by atoms with van der Waals surface area (Å²) in [6.07, 6.45) is 1.15. The van der Waals surface area contributed by atoms with E-state index in [0.717, 1.165) is 6.21 Å². The summed E-state index contributed by atoms with van der Waals surface area (Å²) in [6.45, 7) is 11.1. The third kappa shape index (κ3) is 12.7. The first-order valence-electron chi connectivity index (χ1n) is 10.7. The Labute approximate surface area is 184 Å². The van der Waals surface area contributed by atoms with E-state index in [-0.39, 0.29) is 24.7 Å². The molecule has 0 aliphatic carbocycles. The number of nitrogens with zero attached hydrogens (tertiary/aromatic N) is 1. The van der Waals surface area contributed by atoms with E-state index in [1.165, 1.54) is 0 Å². The summed E-state index contributed by atoms with van der Waals surface area (Å²) in [5.41, 5.74) is 12.6. The Kier molecular flexibility index (Phi) is 13.2. The van der Waals surface area contributed by atoms with Crippen LogP contribution in [0.3, 0.4) is 0 Å². The summed E-state index contributed by atoms with van der Waals surface area (Å²) in [5.74, 6) is -1.79. The van der Waals surface area contributed by atoms with Crippen LogP contribution in [0.2, 0.25) is 0 Å². The van der Waals surface area contributed by atoms with Crippen molar-refractivity contribution >= 4 is 29.8 Å². The quantitative estimate of drug-likeness (QED) is 0.136. The highest BCUT2D eigenvalue weighted by molar-refractivity contribution is 6.25. The summed E-state index contributed by atoms with van der Waals surface area (Å²) in [7, 11) is 0. The number of carbonyl (C=O) groups is 4. The first-order valence-corrected chi connectivity index (χ1v) is 10.7. The molecule has 0 heterocycles. The fourth-order valence-corrected chi connectivity index (χ4v) is 2.86. The minimum atomic E-state index is -1.08. The molecule has 10 heteroatoms. The number of esters is 1. The van der Waals surface area contributed by atoms with Crippen LogP contribution in [0, 0.1) is 17.4 Å². The third-order valence-corrected chi connectivity index (χ3v) is 4.24. The number of Topliss-reactive ketones (excluding diaryl/α,β-unsaturated/α-hetero) is 1. The SMILES string of the molecule is CC(C)C[C@H](NC(=O)[C@@H](N)CC(C)C)C(=O)N[C@@H](CCC(=O)C=[N+]=N)C(=O)OC(C)C. The molecule has 0 rings (SSSR count). The van der Waals surface area contributed by atoms with Gasteiger partial charge in [-0.05, 0) is 44.9 Å². The lowest BCUT2D eigenvalue weighted by atomic mass is 10.00. The van der Waals surface area contributed by atoms with Gasteiger partial charge in [0, 0.05) is 6.42 Å². The zero-order valence-electron chi connectivity index (χ0n) is 19.4. The van der Waals surface area contributed by atoms with Crippen molar-refractivity contribution in [1.82, 2.24) is 10.6 Å².